The minimum absolute atomic E-state index is 0.247. The highest BCUT2D eigenvalue weighted by Gasteiger charge is 2.25. The first-order valence-corrected chi connectivity index (χ1v) is 7.90. The number of H-pyrrole nitrogens is 1. The number of nitrogens with one attached hydrogen (secondary N) is 1. The van der Waals surface area contributed by atoms with Crippen LogP contribution in [0.15, 0.2) is 11.0 Å². The molecule has 3 rings (SSSR count). The maximum Gasteiger partial charge on any atom is 0.285 e. The van der Waals surface area contributed by atoms with E-state index in [1.807, 2.05) is 0 Å². The van der Waals surface area contributed by atoms with Crippen LogP contribution in [-0.4, -0.2) is 61.0 Å². The van der Waals surface area contributed by atoms with Gasteiger partial charge >= 0.3 is 0 Å². The van der Waals surface area contributed by atoms with Crippen LogP contribution >= 0.6 is 11.6 Å². The molecule has 2 aliphatic heterocycles. The van der Waals surface area contributed by atoms with E-state index in [9.17, 15) is 4.79 Å². The van der Waals surface area contributed by atoms with E-state index < -0.39 is 0 Å². The first-order valence-electron chi connectivity index (χ1n) is 7.52. The minimum Gasteiger partial charge on any atom is -0.379 e. The molecule has 21 heavy (non-hydrogen) atoms. The molecule has 3 heterocycles. The molecule has 2 fully saturated rings. The molecule has 0 spiro atoms. The number of anilines is 1. The highest BCUT2D eigenvalue weighted by Crippen LogP contribution is 2.27. The van der Waals surface area contributed by atoms with Crippen LogP contribution in [0.3, 0.4) is 0 Å². The summed E-state index contributed by atoms with van der Waals surface area (Å²) in [5, 5.41) is 6.49. The Morgan fingerprint density at radius 3 is 3.00 bits per heavy atom. The fraction of sp³-hybridized carbons (Fsp3) is 0.714. The molecule has 1 aromatic heterocycles. The average molecular weight is 313 g/mol. The summed E-state index contributed by atoms with van der Waals surface area (Å²) >= 11 is 6.11. The van der Waals surface area contributed by atoms with E-state index in [2.05, 4.69) is 20.0 Å². The lowest BCUT2D eigenvalue weighted by Crippen LogP contribution is -2.44. The lowest BCUT2D eigenvalue weighted by molar-refractivity contribution is 0.0296. The average Bonchev–Trinajstić information content (AvgIpc) is 2.51. The first kappa shape index (κ1) is 14.8. The lowest BCUT2D eigenvalue weighted by atomic mass is 9.97. The van der Waals surface area contributed by atoms with Crippen LogP contribution in [0.2, 0.25) is 5.02 Å². The van der Waals surface area contributed by atoms with Gasteiger partial charge in [0.1, 0.15) is 5.02 Å². The third kappa shape index (κ3) is 3.56. The third-order valence-corrected chi connectivity index (χ3v) is 4.62. The predicted molar refractivity (Wildman–Crippen MR) is 82.1 cm³/mol. The molecular weight excluding hydrogens is 292 g/mol. The molecule has 1 unspecified atom stereocenters. The Labute approximate surface area is 129 Å². The van der Waals surface area contributed by atoms with Gasteiger partial charge in [0, 0.05) is 32.7 Å². The Bertz CT molecular complexity index is 530. The zero-order chi connectivity index (χ0) is 14.7. The third-order valence-electron chi connectivity index (χ3n) is 4.26. The molecular formula is C14H21ClN4O2. The van der Waals surface area contributed by atoms with Gasteiger partial charge in [0.2, 0.25) is 0 Å². The van der Waals surface area contributed by atoms with E-state index in [4.69, 9.17) is 16.3 Å². The highest BCUT2D eigenvalue weighted by molar-refractivity contribution is 6.32. The molecule has 0 amide bonds. The van der Waals surface area contributed by atoms with Crippen LogP contribution in [0.1, 0.15) is 12.8 Å². The summed E-state index contributed by atoms with van der Waals surface area (Å²) in [4.78, 5) is 16.2. The number of halogens is 1. The van der Waals surface area contributed by atoms with Crippen molar-refractivity contribution in [3.05, 3.63) is 21.6 Å². The first-order chi connectivity index (χ1) is 10.2. The second-order valence-electron chi connectivity index (χ2n) is 5.77. The predicted octanol–water partition coefficient (Wildman–Crippen LogP) is 0.972. The summed E-state index contributed by atoms with van der Waals surface area (Å²) in [6.45, 7) is 6.66. The van der Waals surface area contributed by atoms with Gasteiger partial charge < -0.3 is 9.64 Å². The van der Waals surface area contributed by atoms with Gasteiger partial charge in [-0.15, -0.1) is 0 Å². The van der Waals surface area contributed by atoms with Crippen LogP contribution < -0.4 is 10.5 Å². The van der Waals surface area contributed by atoms with Crippen LogP contribution in [0.25, 0.3) is 0 Å². The zero-order valence-corrected chi connectivity index (χ0v) is 12.8. The van der Waals surface area contributed by atoms with Gasteiger partial charge in [-0.3, -0.25) is 9.69 Å². The Hall–Kier alpha value is -1.11. The molecule has 2 aliphatic rings. The van der Waals surface area contributed by atoms with Crippen LogP contribution in [0.4, 0.5) is 5.69 Å². The monoisotopic (exact) mass is 312 g/mol. The smallest absolute Gasteiger partial charge is 0.285 e. The minimum atomic E-state index is -0.315. The van der Waals surface area contributed by atoms with Crippen molar-refractivity contribution in [3.8, 4) is 0 Å². The highest BCUT2D eigenvalue weighted by atomic mass is 35.5. The Kier molecular flexibility index (Phi) is 4.77. The van der Waals surface area contributed by atoms with Crippen molar-refractivity contribution >= 4 is 17.3 Å². The van der Waals surface area contributed by atoms with Crippen LogP contribution in [0, 0.1) is 5.92 Å². The van der Waals surface area contributed by atoms with E-state index in [-0.39, 0.29) is 10.6 Å². The summed E-state index contributed by atoms with van der Waals surface area (Å²) in [6.07, 6.45) is 4.00. The summed E-state index contributed by atoms with van der Waals surface area (Å²) in [7, 11) is 0. The van der Waals surface area contributed by atoms with Crippen LogP contribution in [0.5, 0.6) is 0 Å². The van der Waals surface area contributed by atoms with Crippen molar-refractivity contribution in [1.82, 2.24) is 15.1 Å². The topological polar surface area (TPSA) is 61.5 Å². The standard InChI is InChI=1S/C14H21ClN4O2/c15-13-12(8-16-17-14(13)20)19-3-1-2-11(10-19)9-18-4-6-21-7-5-18/h8,11H,1-7,9-10H2,(H,17,20). The number of rotatable bonds is 3. The number of aromatic nitrogens is 2. The Morgan fingerprint density at radius 1 is 1.38 bits per heavy atom. The van der Waals surface area contributed by atoms with Crippen molar-refractivity contribution in [1.29, 1.82) is 0 Å². The quantitative estimate of drug-likeness (QED) is 0.901. The molecule has 0 bridgehead atoms. The number of morpholine rings is 1. The van der Waals surface area contributed by atoms with Crippen molar-refractivity contribution < 1.29 is 4.74 Å². The number of hydrogen-bond acceptors (Lipinski definition) is 5. The zero-order valence-electron chi connectivity index (χ0n) is 12.1. The molecule has 0 aromatic carbocycles. The van der Waals surface area contributed by atoms with E-state index in [1.165, 1.54) is 6.42 Å². The Morgan fingerprint density at radius 2 is 2.19 bits per heavy atom. The molecule has 0 saturated carbocycles. The molecule has 0 aliphatic carbocycles. The largest absolute Gasteiger partial charge is 0.379 e. The molecule has 7 heteroatoms. The van der Waals surface area contributed by atoms with Crippen molar-refractivity contribution in [2.75, 3.05) is 50.8 Å². The summed E-state index contributed by atoms with van der Waals surface area (Å²) < 4.78 is 5.39. The second-order valence-corrected chi connectivity index (χ2v) is 6.14. The number of nitrogens with zero attached hydrogens (tertiary/aromatic N) is 3. The summed E-state index contributed by atoms with van der Waals surface area (Å²) in [5.41, 5.74) is 0.441. The molecule has 0 radical (unpaired) electrons. The fourth-order valence-corrected chi connectivity index (χ4v) is 3.39. The fourth-order valence-electron chi connectivity index (χ4n) is 3.18. The maximum absolute atomic E-state index is 11.6. The molecule has 116 valence electrons. The summed E-state index contributed by atoms with van der Waals surface area (Å²) in [6, 6.07) is 0. The molecule has 1 atom stereocenters. The number of piperidine rings is 1. The van der Waals surface area contributed by atoms with Gasteiger partial charge in [-0.1, -0.05) is 11.6 Å². The van der Waals surface area contributed by atoms with Gasteiger partial charge in [-0.25, -0.2) is 5.10 Å². The molecule has 1 N–H and O–H groups in total. The molecule has 1 aromatic rings. The van der Waals surface area contributed by atoms with E-state index in [0.29, 0.717) is 5.92 Å². The van der Waals surface area contributed by atoms with Crippen molar-refractivity contribution in [2.24, 2.45) is 5.92 Å². The van der Waals surface area contributed by atoms with E-state index >= 15 is 0 Å². The normalized spacial score (nSPS) is 24.2. The lowest BCUT2D eigenvalue weighted by Gasteiger charge is -2.37. The van der Waals surface area contributed by atoms with Gasteiger partial charge in [-0.05, 0) is 18.8 Å². The number of ether oxygens (including phenoxy) is 1. The maximum atomic E-state index is 11.6. The van der Waals surface area contributed by atoms with Gasteiger partial charge in [-0.2, -0.15) is 5.10 Å². The van der Waals surface area contributed by atoms with Gasteiger partial charge in [0.05, 0.1) is 25.1 Å². The van der Waals surface area contributed by atoms with Crippen molar-refractivity contribution in [2.45, 2.75) is 12.8 Å². The van der Waals surface area contributed by atoms with Crippen molar-refractivity contribution in [3.63, 3.8) is 0 Å². The number of aromatic amines is 1. The molecule has 2 saturated heterocycles. The molecule has 6 nitrogen and oxygen atoms in total. The SMILES string of the molecule is O=c1[nH]ncc(N2CCCC(CN3CCOCC3)C2)c1Cl. The van der Waals surface area contributed by atoms with E-state index in [1.54, 1.807) is 6.20 Å². The second kappa shape index (κ2) is 6.77. The van der Waals surface area contributed by atoms with Gasteiger partial charge in [0.25, 0.3) is 5.56 Å². The van der Waals surface area contributed by atoms with Crippen LogP contribution in [-0.2, 0) is 4.74 Å². The van der Waals surface area contributed by atoms with Gasteiger partial charge in [0.15, 0.2) is 0 Å². The summed E-state index contributed by atoms with van der Waals surface area (Å²) in [5.74, 6) is 0.604. The van der Waals surface area contributed by atoms with E-state index in [0.717, 1.165) is 58.0 Å². The number of hydrogen-bond donors (Lipinski definition) is 1. The Balaban J connectivity index is 1.65.